The SMILES string of the molecule is CC.CC=N.O=C(O)C1CCNCC1. The fraction of sp³-hybridized carbons (Fsp3) is 0.800. The highest BCUT2D eigenvalue weighted by molar-refractivity contribution is 5.70. The predicted octanol–water partition coefficient (Wildman–Crippen LogP) is 1.75. The van der Waals surface area contributed by atoms with Crippen LogP contribution in [0.25, 0.3) is 0 Å². The lowest BCUT2D eigenvalue weighted by Crippen LogP contribution is -2.31. The highest BCUT2D eigenvalue weighted by atomic mass is 16.4. The highest BCUT2D eigenvalue weighted by Crippen LogP contribution is 2.10. The second-order valence-electron chi connectivity index (χ2n) is 2.65. The van der Waals surface area contributed by atoms with Crippen LogP contribution >= 0.6 is 0 Å². The summed E-state index contributed by atoms with van der Waals surface area (Å²) in [5.74, 6) is -0.734. The van der Waals surface area contributed by atoms with E-state index >= 15 is 0 Å². The zero-order valence-corrected chi connectivity index (χ0v) is 9.34. The van der Waals surface area contributed by atoms with E-state index in [1.54, 1.807) is 6.92 Å². The second-order valence-corrected chi connectivity index (χ2v) is 2.65. The first kappa shape index (κ1) is 15.6. The number of rotatable bonds is 1. The molecule has 1 aliphatic heterocycles. The van der Waals surface area contributed by atoms with Crippen LogP contribution in [0.4, 0.5) is 0 Å². The fourth-order valence-electron chi connectivity index (χ4n) is 1.07. The lowest BCUT2D eigenvalue weighted by molar-refractivity contribution is -0.142. The van der Waals surface area contributed by atoms with Crippen LogP contribution in [0.1, 0.15) is 33.6 Å². The van der Waals surface area contributed by atoms with E-state index in [0.29, 0.717) is 0 Å². The van der Waals surface area contributed by atoms with Gasteiger partial charge in [0.2, 0.25) is 0 Å². The van der Waals surface area contributed by atoms with Crippen LogP contribution in [-0.2, 0) is 4.79 Å². The van der Waals surface area contributed by atoms with Gasteiger partial charge in [0.25, 0.3) is 0 Å². The molecule has 0 aliphatic carbocycles. The van der Waals surface area contributed by atoms with Gasteiger partial charge in [-0.25, -0.2) is 0 Å². The van der Waals surface area contributed by atoms with Crippen molar-refractivity contribution in [2.24, 2.45) is 5.92 Å². The lowest BCUT2D eigenvalue weighted by atomic mass is 9.99. The zero-order valence-electron chi connectivity index (χ0n) is 9.34. The summed E-state index contributed by atoms with van der Waals surface area (Å²) in [4.78, 5) is 10.3. The molecule has 1 heterocycles. The third-order valence-corrected chi connectivity index (χ3v) is 1.69. The molecule has 0 aromatic carbocycles. The van der Waals surface area contributed by atoms with Crippen molar-refractivity contribution in [3.05, 3.63) is 0 Å². The molecule has 1 saturated heterocycles. The van der Waals surface area contributed by atoms with Crippen LogP contribution in [0, 0.1) is 11.3 Å². The molecule has 1 aliphatic rings. The predicted molar refractivity (Wildman–Crippen MR) is 59.0 cm³/mol. The summed E-state index contributed by atoms with van der Waals surface area (Å²) in [7, 11) is 0. The van der Waals surface area contributed by atoms with E-state index in [0.717, 1.165) is 25.9 Å². The molecule has 1 fully saturated rings. The number of carboxylic acid groups (broad SMARTS) is 1. The van der Waals surface area contributed by atoms with Crippen molar-refractivity contribution >= 4 is 12.2 Å². The molecule has 0 atom stereocenters. The van der Waals surface area contributed by atoms with Gasteiger partial charge in [-0.3, -0.25) is 4.79 Å². The lowest BCUT2D eigenvalue weighted by Gasteiger charge is -2.17. The van der Waals surface area contributed by atoms with Crippen molar-refractivity contribution in [3.63, 3.8) is 0 Å². The number of piperidine rings is 1. The molecule has 0 spiro atoms. The summed E-state index contributed by atoms with van der Waals surface area (Å²) >= 11 is 0. The smallest absolute Gasteiger partial charge is 0.306 e. The first-order valence-electron chi connectivity index (χ1n) is 5.11. The number of hydrogen-bond donors (Lipinski definition) is 3. The number of hydrogen-bond acceptors (Lipinski definition) is 3. The minimum atomic E-state index is -0.642. The number of carboxylic acids is 1. The molecule has 4 heteroatoms. The molecule has 0 unspecified atom stereocenters. The Balaban J connectivity index is 0. The maximum Gasteiger partial charge on any atom is 0.306 e. The van der Waals surface area contributed by atoms with Gasteiger partial charge in [-0.15, -0.1) is 0 Å². The molecule has 84 valence electrons. The molecule has 4 nitrogen and oxygen atoms in total. The van der Waals surface area contributed by atoms with Crippen LogP contribution in [0.2, 0.25) is 0 Å². The van der Waals surface area contributed by atoms with Crippen LogP contribution in [0.15, 0.2) is 0 Å². The largest absolute Gasteiger partial charge is 0.481 e. The van der Waals surface area contributed by atoms with Crippen molar-refractivity contribution in [3.8, 4) is 0 Å². The van der Waals surface area contributed by atoms with Gasteiger partial charge in [-0.1, -0.05) is 13.8 Å². The Hall–Kier alpha value is -0.900. The average Bonchev–Trinajstić information content (AvgIpc) is 2.23. The maximum atomic E-state index is 10.3. The fourth-order valence-corrected chi connectivity index (χ4v) is 1.07. The standard InChI is InChI=1S/C6H11NO2.C2H5N.C2H6/c8-6(9)5-1-3-7-4-2-5;1-2-3;1-2/h5,7H,1-4H2,(H,8,9);2-3H,1H3;1-2H3. The second kappa shape index (κ2) is 12.1. The Morgan fingerprint density at radius 1 is 1.43 bits per heavy atom. The summed E-state index contributed by atoms with van der Waals surface area (Å²) in [5.41, 5.74) is 0. The van der Waals surface area contributed by atoms with E-state index in [1.165, 1.54) is 6.21 Å². The van der Waals surface area contributed by atoms with E-state index in [-0.39, 0.29) is 5.92 Å². The summed E-state index contributed by atoms with van der Waals surface area (Å²) in [6.45, 7) is 7.38. The molecule has 0 radical (unpaired) electrons. The van der Waals surface area contributed by atoms with Crippen LogP contribution in [0.5, 0.6) is 0 Å². The van der Waals surface area contributed by atoms with Crippen molar-refractivity contribution in [1.29, 1.82) is 5.41 Å². The van der Waals surface area contributed by atoms with Gasteiger partial charge in [0.15, 0.2) is 0 Å². The van der Waals surface area contributed by atoms with E-state index in [4.69, 9.17) is 10.5 Å². The normalized spacial score (nSPS) is 15.4. The van der Waals surface area contributed by atoms with Crippen LogP contribution in [-0.4, -0.2) is 30.4 Å². The zero-order chi connectivity index (χ0) is 11.4. The van der Waals surface area contributed by atoms with Gasteiger partial charge in [0.1, 0.15) is 0 Å². The van der Waals surface area contributed by atoms with E-state index in [9.17, 15) is 4.79 Å². The first-order valence-corrected chi connectivity index (χ1v) is 5.11. The molecule has 0 saturated carbocycles. The van der Waals surface area contributed by atoms with E-state index < -0.39 is 5.97 Å². The third kappa shape index (κ3) is 9.19. The maximum absolute atomic E-state index is 10.3. The molecule has 14 heavy (non-hydrogen) atoms. The molecular formula is C10H22N2O2. The third-order valence-electron chi connectivity index (χ3n) is 1.69. The summed E-state index contributed by atoms with van der Waals surface area (Å²) in [6.07, 6.45) is 2.82. The van der Waals surface area contributed by atoms with Crippen molar-refractivity contribution < 1.29 is 9.90 Å². The van der Waals surface area contributed by atoms with Crippen LogP contribution in [0.3, 0.4) is 0 Å². The molecule has 1 rings (SSSR count). The van der Waals surface area contributed by atoms with Gasteiger partial charge in [-0.05, 0) is 39.1 Å². The Labute approximate surface area is 86.2 Å². The Morgan fingerprint density at radius 3 is 2.00 bits per heavy atom. The molecule has 3 N–H and O–H groups in total. The molecule has 0 aromatic rings. The Kier molecular flexibility index (Phi) is 13.5. The summed E-state index contributed by atoms with van der Waals surface area (Å²) < 4.78 is 0. The van der Waals surface area contributed by atoms with Crippen molar-refractivity contribution in [2.75, 3.05) is 13.1 Å². The van der Waals surface area contributed by atoms with E-state index in [2.05, 4.69) is 5.32 Å². The number of aliphatic carboxylic acids is 1. The molecule has 0 aromatic heterocycles. The number of nitrogens with one attached hydrogen (secondary N) is 2. The van der Waals surface area contributed by atoms with Gasteiger partial charge >= 0.3 is 5.97 Å². The van der Waals surface area contributed by atoms with Gasteiger partial charge in [0.05, 0.1) is 5.92 Å². The topological polar surface area (TPSA) is 73.2 Å². The van der Waals surface area contributed by atoms with Gasteiger partial charge in [-0.2, -0.15) is 0 Å². The van der Waals surface area contributed by atoms with E-state index in [1.807, 2.05) is 13.8 Å². The average molecular weight is 202 g/mol. The quantitative estimate of drug-likeness (QED) is 0.567. The monoisotopic (exact) mass is 202 g/mol. The minimum absolute atomic E-state index is 0.0914. The Morgan fingerprint density at radius 2 is 1.79 bits per heavy atom. The van der Waals surface area contributed by atoms with Gasteiger partial charge < -0.3 is 15.8 Å². The summed E-state index contributed by atoms with van der Waals surface area (Å²) in [6, 6.07) is 0. The highest BCUT2D eigenvalue weighted by Gasteiger charge is 2.18. The number of carbonyl (C=O) groups is 1. The first-order chi connectivity index (χ1) is 6.72. The minimum Gasteiger partial charge on any atom is -0.481 e. The van der Waals surface area contributed by atoms with Crippen molar-refractivity contribution in [2.45, 2.75) is 33.6 Å². The van der Waals surface area contributed by atoms with Crippen molar-refractivity contribution in [1.82, 2.24) is 5.32 Å². The molecule has 0 bridgehead atoms. The Bertz CT molecular complexity index is 143. The molecule has 0 amide bonds. The van der Waals surface area contributed by atoms with Crippen LogP contribution < -0.4 is 5.32 Å². The van der Waals surface area contributed by atoms with Gasteiger partial charge in [0, 0.05) is 0 Å². The summed E-state index contributed by atoms with van der Waals surface area (Å²) in [5, 5.41) is 17.7. The molecular weight excluding hydrogens is 180 g/mol.